The quantitative estimate of drug-likeness (QED) is 0.715. The largest absolute Gasteiger partial charge is 0.464 e. The summed E-state index contributed by atoms with van der Waals surface area (Å²) >= 11 is 1.31. The summed E-state index contributed by atoms with van der Waals surface area (Å²) in [5.74, 6) is -0.663. The summed E-state index contributed by atoms with van der Waals surface area (Å²) in [5, 5.41) is 8.14. The maximum atomic E-state index is 12.1. The van der Waals surface area contributed by atoms with Crippen molar-refractivity contribution in [1.82, 2.24) is 15.3 Å². The third-order valence-electron chi connectivity index (χ3n) is 3.34. The molecule has 122 valence electrons. The molecule has 0 aliphatic carbocycles. The number of hydrogen-bond donors (Lipinski definition) is 3. The first kappa shape index (κ1) is 15.7. The molecule has 3 heterocycles. The number of aromatic amines is 1. The van der Waals surface area contributed by atoms with E-state index in [-0.39, 0.29) is 5.91 Å². The lowest BCUT2D eigenvalue weighted by atomic mass is 10.2. The highest BCUT2D eigenvalue weighted by Crippen LogP contribution is 2.25. The number of methoxy groups -OCH3 is 1. The molecule has 2 aromatic rings. The zero-order valence-electron chi connectivity index (χ0n) is 12.4. The van der Waals surface area contributed by atoms with Crippen LogP contribution in [0.4, 0.5) is 5.13 Å². The topological polar surface area (TPSA) is 105 Å². The minimum absolute atomic E-state index is 0.220. The van der Waals surface area contributed by atoms with Gasteiger partial charge in [0.05, 0.1) is 19.4 Å². The molecule has 1 fully saturated rings. The molecule has 1 aliphatic rings. The third-order valence-corrected chi connectivity index (χ3v) is 4.10. The van der Waals surface area contributed by atoms with Crippen LogP contribution in [0.15, 0.2) is 17.6 Å². The van der Waals surface area contributed by atoms with E-state index in [0.29, 0.717) is 29.7 Å². The van der Waals surface area contributed by atoms with Gasteiger partial charge in [-0.1, -0.05) is 0 Å². The maximum Gasteiger partial charge on any atom is 0.354 e. The number of thiazole rings is 1. The minimum atomic E-state index is -0.505. The number of morpholine rings is 1. The van der Waals surface area contributed by atoms with Gasteiger partial charge in [-0.15, -0.1) is 11.3 Å². The Hall–Kier alpha value is -2.23. The lowest BCUT2D eigenvalue weighted by molar-refractivity contribution is -0.128. The van der Waals surface area contributed by atoms with E-state index in [1.807, 2.05) is 0 Å². The summed E-state index contributed by atoms with van der Waals surface area (Å²) in [5.41, 5.74) is 1.76. The standard InChI is InChI=1S/C14H16N4O4S/c1-21-13(20)9-4-8(5-16-9)10-7-23-14(17-10)18-12(19)11-6-15-2-3-22-11/h4-5,7,11,15-16H,2-3,6H2,1H3,(H,17,18,19). The number of carbonyl (C=O) groups is 2. The number of hydrogen-bond acceptors (Lipinski definition) is 7. The number of ether oxygens (including phenoxy) is 2. The first-order chi connectivity index (χ1) is 11.2. The Bertz CT molecular complexity index is 705. The number of amides is 1. The fourth-order valence-corrected chi connectivity index (χ4v) is 2.88. The Kier molecular flexibility index (Phi) is 4.70. The predicted octanol–water partition coefficient (Wildman–Crippen LogP) is 0.852. The first-order valence-electron chi connectivity index (χ1n) is 7.03. The van der Waals surface area contributed by atoms with Gasteiger partial charge in [0.1, 0.15) is 11.8 Å². The number of rotatable bonds is 4. The third kappa shape index (κ3) is 3.58. The Morgan fingerprint density at radius 3 is 3.13 bits per heavy atom. The van der Waals surface area contributed by atoms with Gasteiger partial charge in [0.25, 0.3) is 5.91 Å². The minimum Gasteiger partial charge on any atom is -0.464 e. The highest BCUT2D eigenvalue weighted by atomic mass is 32.1. The highest BCUT2D eigenvalue weighted by molar-refractivity contribution is 7.14. The number of aromatic nitrogens is 2. The fraction of sp³-hybridized carbons (Fsp3) is 0.357. The van der Waals surface area contributed by atoms with Gasteiger partial charge in [-0.25, -0.2) is 9.78 Å². The van der Waals surface area contributed by atoms with E-state index >= 15 is 0 Å². The fourth-order valence-electron chi connectivity index (χ4n) is 2.15. The average Bonchev–Trinajstić information content (AvgIpc) is 3.24. The zero-order chi connectivity index (χ0) is 16.2. The van der Waals surface area contributed by atoms with Gasteiger partial charge >= 0.3 is 5.97 Å². The molecule has 0 saturated carbocycles. The van der Waals surface area contributed by atoms with Crippen molar-refractivity contribution >= 4 is 28.3 Å². The lowest BCUT2D eigenvalue weighted by Crippen LogP contribution is -2.45. The molecule has 1 amide bonds. The van der Waals surface area contributed by atoms with Gasteiger partial charge in [-0.2, -0.15) is 0 Å². The molecule has 9 heteroatoms. The molecule has 0 radical (unpaired) electrons. The molecule has 3 N–H and O–H groups in total. The summed E-state index contributed by atoms with van der Waals surface area (Å²) in [4.78, 5) is 30.7. The molecule has 1 saturated heterocycles. The molecule has 1 aliphatic heterocycles. The van der Waals surface area contributed by atoms with Gasteiger partial charge < -0.3 is 19.8 Å². The van der Waals surface area contributed by atoms with E-state index in [1.165, 1.54) is 18.4 Å². The second-order valence-corrected chi connectivity index (χ2v) is 5.74. The number of anilines is 1. The number of nitrogens with one attached hydrogen (secondary N) is 3. The number of esters is 1. The van der Waals surface area contributed by atoms with E-state index in [4.69, 9.17) is 4.74 Å². The Morgan fingerprint density at radius 2 is 2.39 bits per heavy atom. The van der Waals surface area contributed by atoms with E-state index in [2.05, 4.69) is 25.3 Å². The average molecular weight is 336 g/mol. The van der Waals surface area contributed by atoms with Crippen LogP contribution in [0.25, 0.3) is 11.3 Å². The van der Waals surface area contributed by atoms with Crippen LogP contribution in [0, 0.1) is 0 Å². The van der Waals surface area contributed by atoms with Crippen LogP contribution in [-0.2, 0) is 14.3 Å². The zero-order valence-corrected chi connectivity index (χ0v) is 13.2. The van der Waals surface area contributed by atoms with Crippen molar-refractivity contribution in [2.24, 2.45) is 0 Å². The Balaban J connectivity index is 1.66. The number of carbonyl (C=O) groups excluding carboxylic acids is 2. The second kappa shape index (κ2) is 6.90. The van der Waals surface area contributed by atoms with Crippen molar-refractivity contribution in [1.29, 1.82) is 0 Å². The van der Waals surface area contributed by atoms with E-state index in [1.54, 1.807) is 17.6 Å². The second-order valence-electron chi connectivity index (χ2n) is 4.88. The summed E-state index contributed by atoms with van der Waals surface area (Å²) < 4.78 is 10.0. The maximum absolute atomic E-state index is 12.1. The van der Waals surface area contributed by atoms with Crippen LogP contribution in [0.1, 0.15) is 10.5 Å². The van der Waals surface area contributed by atoms with E-state index in [9.17, 15) is 9.59 Å². The smallest absolute Gasteiger partial charge is 0.354 e. The molecular formula is C14H16N4O4S. The molecular weight excluding hydrogens is 320 g/mol. The Labute approximate surface area is 136 Å². The highest BCUT2D eigenvalue weighted by Gasteiger charge is 2.22. The molecule has 1 unspecified atom stereocenters. The molecule has 8 nitrogen and oxygen atoms in total. The van der Waals surface area contributed by atoms with Crippen LogP contribution < -0.4 is 10.6 Å². The molecule has 0 aromatic carbocycles. The van der Waals surface area contributed by atoms with Gasteiger partial charge in [-0.3, -0.25) is 10.1 Å². The molecule has 3 rings (SSSR count). The lowest BCUT2D eigenvalue weighted by Gasteiger charge is -2.22. The monoisotopic (exact) mass is 336 g/mol. The van der Waals surface area contributed by atoms with Crippen LogP contribution >= 0.6 is 11.3 Å². The summed E-state index contributed by atoms with van der Waals surface area (Å²) in [6.07, 6.45) is 1.16. The van der Waals surface area contributed by atoms with Gasteiger partial charge in [0, 0.05) is 30.2 Å². The van der Waals surface area contributed by atoms with E-state index < -0.39 is 12.1 Å². The van der Waals surface area contributed by atoms with Gasteiger partial charge in [0.2, 0.25) is 0 Å². The SMILES string of the molecule is COC(=O)c1cc(-c2csc(NC(=O)C3CNCCO3)n2)c[nH]1. The van der Waals surface area contributed by atoms with Crippen LogP contribution in [0.2, 0.25) is 0 Å². The summed E-state index contributed by atoms with van der Waals surface area (Å²) in [6, 6.07) is 1.65. The molecule has 1 atom stereocenters. The van der Waals surface area contributed by atoms with Crippen molar-refractivity contribution in [3.8, 4) is 11.3 Å². The number of H-pyrrole nitrogens is 1. The molecule has 23 heavy (non-hydrogen) atoms. The van der Waals surface area contributed by atoms with Crippen molar-refractivity contribution in [2.75, 3.05) is 32.1 Å². The molecule has 0 spiro atoms. The van der Waals surface area contributed by atoms with Crippen LogP contribution in [-0.4, -0.2) is 54.8 Å². The molecule has 2 aromatic heterocycles. The summed E-state index contributed by atoms with van der Waals surface area (Å²) in [7, 11) is 1.32. The molecule has 0 bridgehead atoms. The number of nitrogens with zero attached hydrogens (tertiary/aromatic N) is 1. The van der Waals surface area contributed by atoms with Crippen molar-refractivity contribution in [3.63, 3.8) is 0 Å². The van der Waals surface area contributed by atoms with Crippen molar-refractivity contribution < 1.29 is 19.1 Å². The van der Waals surface area contributed by atoms with Crippen LogP contribution in [0.3, 0.4) is 0 Å². The summed E-state index contributed by atoms with van der Waals surface area (Å²) in [6.45, 7) is 1.76. The Morgan fingerprint density at radius 1 is 1.52 bits per heavy atom. The van der Waals surface area contributed by atoms with Crippen molar-refractivity contribution in [3.05, 3.63) is 23.3 Å². The van der Waals surface area contributed by atoms with Gasteiger partial charge in [0.15, 0.2) is 5.13 Å². The predicted molar refractivity (Wildman–Crippen MR) is 84.5 cm³/mol. The normalized spacial score (nSPS) is 17.7. The van der Waals surface area contributed by atoms with Crippen LogP contribution in [0.5, 0.6) is 0 Å². The van der Waals surface area contributed by atoms with Crippen molar-refractivity contribution in [2.45, 2.75) is 6.10 Å². The van der Waals surface area contributed by atoms with Gasteiger partial charge in [-0.05, 0) is 6.07 Å². The first-order valence-corrected chi connectivity index (χ1v) is 7.91. The van der Waals surface area contributed by atoms with E-state index in [0.717, 1.165) is 12.1 Å².